The second-order valence-electron chi connectivity index (χ2n) is 2.21. The number of aromatic amines is 1. The average molecular weight is 229 g/mol. The zero-order valence-electron chi connectivity index (χ0n) is 6.00. The SMILES string of the molecule is NNC(=O)c1[nH]nc2[se]ccc12. The molecule has 4 N–H and O–H groups in total. The van der Waals surface area contributed by atoms with Gasteiger partial charge in [0.05, 0.1) is 0 Å². The van der Waals surface area contributed by atoms with Gasteiger partial charge < -0.3 is 0 Å². The first-order valence-electron chi connectivity index (χ1n) is 3.25. The van der Waals surface area contributed by atoms with Crippen LogP contribution >= 0.6 is 0 Å². The number of nitrogens with one attached hydrogen (secondary N) is 2. The molecule has 2 aromatic rings. The molecule has 0 aliphatic rings. The fraction of sp³-hybridized carbons (Fsp3) is 0. The Balaban J connectivity index is 2.61. The van der Waals surface area contributed by atoms with E-state index in [2.05, 4.69) is 15.6 Å². The van der Waals surface area contributed by atoms with E-state index in [9.17, 15) is 4.79 Å². The van der Waals surface area contributed by atoms with Crippen molar-refractivity contribution in [2.45, 2.75) is 0 Å². The summed E-state index contributed by atoms with van der Waals surface area (Å²) in [4.78, 5) is 13.1. The van der Waals surface area contributed by atoms with E-state index < -0.39 is 0 Å². The third-order valence-electron chi connectivity index (χ3n) is 1.54. The molecule has 2 heterocycles. The van der Waals surface area contributed by atoms with Crippen molar-refractivity contribution in [2.24, 2.45) is 5.84 Å². The molecule has 1 amide bonds. The van der Waals surface area contributed by atoms with Crippen molar-refractivity contribution in [1.29, 1.82) is 0 Å². The van der Waals surface area contributed by atoms with E-state index in [1.54, 1.807) is 0 Å². The predicted octanol–water partition coefficient (Wildman–Crippen LogP) is -0.777. The summed E-state index contributed by atoms with van der Waals surface area (Å²) in [5.74, 6) is 4.66. The molecule has 0 aromatic carbocycles. The molecule has 6 heteroatoms. The Hall–Kier alpha value is -1.10. The molecular weight excluding hydrogens is 223 g/mol. The van der Waals surface area contributed by atoms with Gasteiger partial charge >= 0.3 is 73.1 Å². The van der Waals surface area contributed by atoms with Gasteiger partial charge in [0.1, 0.15) is 0 Å². The van der Waals surface area contributed by atoms with Crippen LogP contribution in [0.25, 0.3) is 9.78 Å². The molecule has 5 nitrogen and oxygen atoms in total. The van der Waals surface area contributed by atoms with Gasteiger partial charge in [0.2, 0.25) is 0 Å². The number of hydrogen-bond acceptors (Lipinski definition) is 3. The summed E-state index contributed by atoms with van der Waals surface area (Å²) in [6, 6.07) is 1.89. The molecule has 0 saturated heterocycles. The van der Waals surface area contributed by atoms with Crippen molar-refractivity contribution < 1.29 is 4.79 Å². The van der Waals surface area contributed by atoms with Crippen LogP contribution in [-0.4, -0.2) is 30.6 Å². The molecule has 0 spiro atoms. The third-order valence-corrected chi connectivity index (χ3v) is 3.23. The van der Waals surface area contributed by atoms with Crippen LogP contribution < -0.4 is 11.3 Å². The van der Waals surface area contributed by atoms with E-state index in [4.69, 9.17) is 5.84 Å². The maximum absolute atomic E-state index is 11.1. The molecule has 0 bridgehead atoms. The molecule has 0 aliphatic carbocycles. The van der Waals surface area contributed by atoms with E-state index in [0.717, 1.165) is 9.78 Å². The predicted molar refractivity (Wildman–Crippen MR) is 44.7 cm³/mol. The summed E-state index contributed by atoms with van der Waals surface area (Å²) in [6.45, 7) is 0. The van der Waals surface area contributed by atoms with Gasteiger partial charge in [-0.25, -0.2) is 0 Å². The van der Waals surface area contributed by atoms with Crippen LogP contribution in [-0.2, 0) is 0 Å². The second-order valence-corrected chi connectivity index (χ2v) is 4.09. The first kappa shape index (κ1) is 7.54. The number of hydrazine groups is 1. The number of aromatic nitrogens is 2. The van der Waals surface area contributed by atoms with E-state index in [-0.39, 0.29) is 20.4 Å². The summed E-state index contributed by atoms with van der Waals surface area (Å²) >= 11 is 0.263. The van der Waals surface area contributed by atoms with Crippen molar-refractivity contribution in [1.82, 2.24) is 15.6 Å². The van der Waals surface area contributed by atoms with Crippen molar-refractivity contribution >= 4 is 30.2 Å². The Bertz CT molecular complexity index is 418. The number of carbonyl (C=O) groups excluding carboxylic acids is 1. The van der Waals surface area contributed by atoms with Gasteiger partial charge in [0, 0.05) is 0 Å². The zero-order chi connectivity index (χ0) is 8.55. The van der Waals surface area contributed by atoms with Gasteiger partial charge in [-0.2, -0.15) is 0 Å². The Kier molecular flexibility index (Phi) is 1.73. The maximum atomic E-state index is 11.1. The fourth-order valence-electron chi connectivity index (χ4n) is 0.990. The van der Waals surface area contributed by atoms with Crippen molar-refractivity contribution in [3.63, 3.8) is 0 Å². The molecular formula is C6H6N4OSe. The van der Waals surface area contributed by atoms with Crippen LogP contribution in [0.15, 0.2) is 11.0 Å². The first-order valence-corrected chi connectivity index (χ1v) is 5.10. The molecule has 0 radical (unpaired) electrons. The Morgan fingerprint density at radius 3 is 3.33 bits per heavy atom. The average Bonchev–Trinajstić information content (AvgIpc) is 2.62. The fourth-order valence-corrected chi connectivity index (χ4v) is 2.52. The minimum absolute atomic E-state index is 0.263. The Labute approximate surface area is 73.7 Å². The Morgan fingerprint density at radius 1 is 1.75 bits per heavy atom. The molecule has 0 fully saturated rings. The number of fused-ring (bicyclic) bond motifs is 1. The quantitative estimate of drug-likeness (QED) is 0.259. The third kappa shape index (κ3) is 0.972. The van der Waals surface area contributed by atoms with Crippen LogP contribution in [0.5, 0.6) is 0 Å². The molecule has 2 aromatic heterocycles. The van der Waals surface area contributed by atoms with Crippen molar-refractivity contribution in [2.75, 3.05) is 0 Å². The van der Waals surface area contributed by atoms with Gasteiger partial charge in [-0.1, -0.05) is 0 Å². The summed E-state index contributed by atoms with van der Waals surface area (Å²) in [6.07, 6.45) is 0. The van der Waals surface area contributed by atoms with Crippen LogP contribution in [0.2, 0.25) is 0 Å². The molecule has 0 aliphatic heterocycles. The topological polar surface area (TPSA) is 83.8 Å². The second kappa shape index (κ2) is 2.75. The number of nitrogens with two attached hydrogens (primary N) is 1. The number of nitrogen functional groups attached to an aromatic ring is 1. The summed E-state index contributed by atoms with van der Waals surface area (Å²) < 4.78 is 0.959. The van der Waals surface area contributed by atoms with Gasteiger partial charge in [-0.05, 0) is 0 Å². The van der Waals surface area contributed by atoms with Gasteiger partial charge in [0.25, 0.3) is 0 Å². The molecule has 2 rings (SSSR count). The van der Waals surface area contributed by atoms with Crippen LogP contribution in [0.3, 0.4) is 0 Å². The van der Waals surface area contributed by atoms with E-state index in [1.165, 1.54) is 0 Å². The standard InChI is InChI=1S/C6H6N4OSe/c7-8-5(11)4-3-1-2-12-6(3)10-9-4/h1-2H,7H2,(H,8,11)(H,9,10). The van der Waals surface area contributed by atoms with Crippen molar-refractivity contribution in [3.05, 3.63) is 16.7 Å². The zero-order valence-corrected chi connectivity index (χ0v) is 7.71. The van der Waals surface area contributed by atoms with Crippen LogP contribution in [0, 0.1) is 0 Å². The summed E-state index contributed by atoms with van der Waals surface area (Å²) in [5.41, 5.74) is 2.51. The van der Waals surface area contributed by atoms with Gasteiger partial charge in [-0.15, -0.1) is 0 Å². The van der Waals surface area contributed by atoms with Crippen molar-refractivity contribution in [3.8, 4) is 0 Å². The number of carbonyl (C=O) groups is 1. The monoisotopic (exact) mass is 230 g/mol. The number of nitrogens with zero attached hydrogens (tertiary/aromatic N) is 1. The van der Waals surface area contributed by atoms with Gasteiger partial charge in [-0.3, -0.25) is 0 Å². The molecule has 0 unspecified atom stereocenters. The number of amides is 1. The summed E-state index contributed by atoms with van der Waals surface area (Å²) in [7, 11) is 0. The molecule has 62 valence electrons. The normalized spacial score (nSPS) is 10.4. The number of H-pyrrole nitrogens is 1. The minimum atomic E-state index is -0.328. The molecule has 0 saturated carbocycles. The van der Waals surface area contributed by atoms with Crippen LogP contribution in [0.4, 0.5) is 0 Å². The van der Waals surface area contributed by atoms with E-state index >= 15 is 0 Å². The first-order chi connectivity index (χ1) is 5.83. The Morgan fingerprint density at radius 2 is 2.58 bits per heavy atom. The van der Waals surface area contributed by atoms with Gasteiger partial charge in [0.15, 0.2) is 0 Å². The van der Waals surface area contributed by atoms with E-state index in [0.29, 0.717) is 5.69 Å². The van der Waals surface area contributed by atoms with E-state index in [1.807, 2.05) is 11.0 Å². The molecule has 12 heavy (non-hydrogen) atoms. The van der Waals surface area contributed by atoms with Crippen LogP contribution in [0.1, 0.15) is 10.5 Å². The number of hydrogen-bond donors (Lipinski definition) is 3. The molecule has 0 atom stereocenters. The number of rotatable bonds is 1. The summed E-state index contributed by atoms with van der Waals surface area (Å²) in [5, 5.41) is 7.51.